The number of nitrogens with one attached hydrogen (secondary N) is 1. The van der Waals surface area contributed by atoms with Crippen molar-refractivity contribution in [3.05, 3.63) is 28.2 Å². The van der Waals surface area contributed by atoms with Crippen LogP contribution in [0.4, 0.5) is 5.69 Å². The van der Waals surface area contributed by atoms with Crippen molar-refractivity contribution in [1.29, 1.82) is 0 Å². The molecular formula is C15H17Cl2NO. The molecule has 0 heterocycles. The molecule has 2 fully saturated rings. The fourth-order valence-corrected chi connectivity index (χ4v) is 4.11. The average Bonchev–Trinajstić information content (AvgIpc) is 2.95. The van der Waals surface area contributed by atoms with E-state index in [4.69, 9.17) is 23.2 Å². The lowest BCUT2D eigenvalue weighted by atomic mass is 9.86. The molecule has 1 aromatic rings. The Balaban J connectivity index is 1.59. The third-order valence-electron chi connectivity index (χ3n) is 4.54. The van der Waals surface area contributed by atoms with E-state index in [1.165, 1.54) is 25.7 Å². The first-order valence-electron chi connectivity index (χ1n) is 6.86. The van der Waals surface area contributed by atoms with Gasteiger partial charge in [-0.1, -0.05) is 29.6 Å². The van der Waals surface area contributed by atoms with Gasteiger partial charge in [0.2, 0.25) is 5.91 Å². The van der Waals surface area contributed by atoms with Crippen LogP contribution < -0.4 is 5.32 Å². The van der Waals surface area contributed by atoms with E-state index in [0.717, 1.165) is 11.8 Å². The van der Waals surface area contributed by atoms with Gasteiger partial charge in [-0.3, -0.25) is 4.79 Å². The topological polar surface area (TPSA) is 29.1 Å². The third-order valence-corrected chi connectivity index (χ3v) is 5.09. The normalized spacial score (nSPS) is 28.6. The largest absolute Gasteiger partial charge is 0.325 e. The molecule has 102 valence electrons. The zero-order chi connectivity index (χ0) is 13.4. The molecule has 0 spiro atoms. The van der Waals surface area contributed by atoms with E-state index >= 15 is 0 Å². The number of anilines is 1. The van der Waals surface area contributed by atoms with Gasteiger partial charge in [-0.05, 0) is 55.2 Å². The van der Waals surface area contributed by atoms with Gasteiger partial charge in [0.25, 0.3) is 0 Å². The van der Waals surface area contributed by atoms with Gasteiger partial charge >= 0.3 is 0 Å². The predicted octanol–water partition coefficient (Wildman–Crippen LogP) is 4.76. The first kappa shape index (κ1) is 13.3. The summed E-state index contributed by atoms with van der Waals surface area (Å²) in [4.78, 5) is 12.1. The number of rotatable bonds is 3. The Morgan fingerprint density at radius 3 is 2.74 bits per heavy atom. The maximum Gasteiger partial charge on any atom is 0.224 e. The Bertz CT molecular complexity index is 503. The number of halogens is 2. The lowest BCUT2D eigenvalue weighted by Gasteiger charge is -2.21. The van der Waals surface area contributed by atoms with Crippen molar-refractivity contribution in [3.63, 3.8) is 0 Å². The van der Waals surface area contributed by atoms with Crippen LogP contribution in [0.15, 0.2) is 18.2 Å². The Morgan fingerprint density at radius 1 is 1.26 bits per heavy atom. The second-order valence-electron chi connectivity index (χ2n) is 5.81. The molecule has 0 aromatic heterocycles. The van der Waals surface area contributed by atoms with Crippen LogP contribution in [0.3, 0.4) is 0 Å². The molecular weight excluding hydrogens is 281 g/mol. The van der Waals surface area contributed by atoms with Crippen LogP contribution >= 0.6 is 23.2 Å². The van der Waals surface area contributed by atoms with Crippen molar-refractivity contribution < 1.29 is 4.79 Å². The highest BCUT2D eigenvalue weighted by Gasteiger charge is 2.40. The summed E-state index contributed by atoms with van der Waals surface area (Å²) in [6.45, 7) is 0. The lowest BCUT2D eigenvalue weighted by molar-refractivity contribution is -0.117. The van der Waals surface area contributed by atoms with Crippen LogP contribution in [0.1, 0.15) is 32.1 Å². The fraction of sp³-hybridized carbons (Fsp3) is 0.533. The summed E-state index contributed by atoms with van der Waals surface area (Å²) in [5.41, 5.74) is 0.652. The van der Waals surface area contributed by atoms with Crippen molar-refractivity contribution in [2.24, 2.45) is 17.8 Å². The van der Waals surface area contributed by atoms with E-state index in [-0.39, 0.29) is 5.91 Å². The Morgan fingerprint density at radius 2 is 2.11 bits per heavy atom. The van der Waals surface area contributed by atoms with E-state index in [1.807, 2.05) is 0 Å². The minimum atomic E-state index is 0.0711. The van der Waals surface area contributed by atoms with Crippen LogP contribution in [-0.4, -0.2) is 5.91 Å². The van der Waals surface area contributed by atoms with Crippen LogP contribution in [0.2, 0.25) is 10.0 Å². The Labute approximate surface area is 123 Å². The number of carbonyl (C=O) groups is 1. The predicted molar refractivity (Wildman–Crippen MR) is 78.6 cm³/mol. The molecule has 2 bridgehead atoms. The second kappa shape index (κ2) is 5.34. The SMILES string of the molecule is O=C(C[C@@H]1C[C@@H]2CC[C@@H]1C2)Nc1ccc(Cl)cc1Cl. The molecule has 2 aliphatic carbocycles. The highest BCUT2D eigenvalue weighted by molar-refractivity contribution is 6.36. The summed E-state index contributed by atoms with van der Waals surface area (Å²) in [5.74, 6) is 2.30. The van der Waals surface area contributed by atoms with E-state index in [1.54, 1.807) is 18.2 Å². The number of hydrogen-bond donors (Lipinski definition) is 1. The molecule has 0 aliphatic heterocycles. The summed E-state index contributed by atoms with van der Waals surface area (Å²) in [6, 6.07) is 5.14. The molecule has 1 aromatic carbocycles. The zero-order valence-corrected chi connectivity index (χ0v) is 12.2. The molecule has 0 radical (unpaired) electrons. The monoisotopic (exact) mass is 297 g/mol. The molecule has 0 unspecified atom stereocenters. The molecule has 2 nitrogen and oxygen atoms in total. The van der Waals surface area contributed by atoms with Crippen molar-refractivity contribution in [2.75, 3.05) is 5.32 Å². The highest BCUT2D eigenvalue weighted by Crippen LogP contribution is 2.49. The molecule has 4 heteroatoms. The quantitative estimate of drug-likeness (QED) is 0.856. The van der Waals surface area contributed by atoms with E-state index in [0.29, 0.717) is 28.1 Å². The van der Waals surface area contributed by atoms with Crippen molar-refractivity contribution in [3.8, 4) is 0 Å². The molecule has 19 heavy (non-hydrogen) atoms. The standard InChI is InChI=1S/C15H17Cl2NO/c16-12-3-4-14(13(17)8-12)18-15(19)7-11-6-9-1-2-10(11)5-9/h3-4,8-11H,1-2,5-7H2,(H,18,19)/t9-,10-,11+/m1/s1. The average molecular weight is 298 g/mol. The van der Waals surface area contributed by atoms with Gasteiger partial charge in [0.15, 0.2) is 0 Å². The van der Waals surface area contributed by atoms with Gasteiger partial charge in [-0.2, -0.15) is 0 Å². The van der Waals surface area contributed by atoms with Gasteiger partial charge in [0, 0.05) is 11.4 Å². The maximum absolute atomic E-state index is 12.1. The summed E-state index contributed by atoms with van der Waals surface area (Å²) in [6.07, 6.45) is 5.86. The Hall–Kier alpha value is -0.730. The molecule has 1 N–H and O–H groups in total. The smallest absolute Gasteiger partial charge is 0.224 e. The maximum atomic E-state index is 12.1. The fourth-order valence-electron chi connectivity index (χ4n) is 3.66. The Kier molecular flexibility index (Phi) is 3.72. The number of amides is 1. The second-order valence-corrected chi connectivity index (χ2v) is 6.66. The number of benzene rings is 1. The zero-order valence-electron chi connectivity index (χ0n) is 10.7. The molecule has 2 saturated carbocycles. The van der Waals surface area contributed by atoms with Crippen molar-refractivity contribution in [2.45, 2.75) is 32.1 Å². The first-order valence-corrected chi connectivity index (χ1v) is 7.62. The lowest BCUT2D eigenvalue weighted by Crippen LogP contribution is -2.20. The highest BCUT2D eigenvalue weighted by atomic mass is 35.5. The third kappa shape index (κ3) is 2.90. The summed E-state index contributed by atoms with van der Waals surface area (Å²) in [5, 5.41) is 3.97. The van der Waals surface area contributed by atoms with Crippen LogP contribution in [0.25, 0.3) is 0 Å². The van der Waals surface area contributed by atoms with Crippen molar-refractivity contribution in [1.82, 2.24) is 0 Å². The minimum Gasteiger partial charge on any atom is -0.325 e. The minimum absolute atomic E-state index is 0.0711. The van der Waals surface area contributed by atoms with Crippen LogP contribution in [0, 0.1) is 17.8 Å². The summed E-state index contributed by atoms with van der Waals surface area (Å²) < 4.78 is 0. The molecule has 3 rings (SSSR count). The van der Waals surface area contributed by atoms with Gasteiger partial charge in [0.1, 0.15) is 0 Å². The van der Waals surface area contributed by atoms with Crippen molar-refractivity contribution >= 4 is 34.8 Å². The molecule has 1 amide bonds. The van der Waals surface area contributed by atoms with Crippen LogP contribution in [-0.2, 0) is 4.79 Å². The van der Waals surface area contributed by atoms with Gasteiger partial charge in [0.05, 0.1) is 10.7 Å². The number of hydrogen-bond acceptors (Lipinski definition) is 1. The number of fused-ring (bicyclic) bond motifs is 2. The van der Waals surface area contributed by atoms with E-state index in [2.05, 4.69) is 5.32 Å². The molecule has 0 saturated heterocycles. The van der Waals surface area contributed by atoms with E-state index in [9.17, 15) is 4.79 Å². The first-order chi connectivity index (χ1) is 9.11. The summed E-state index contributed by atoms with van der Waals surface area (Å²) in [7, 11) is 0. The van der Waals surface area contributed by atoms with Crippen LogP contribution in [0.5, 0.6) is 0 Å². The summed E-state index contributed by atoms with van der Waals surface area (Å²) >= 11 is 11.9. The van der Waals surface area contributed by atoms with Gasteiger partial charge < -0.3 is 5.32 Å². The van der Waals surface area contributed by atoms with Gasteiger partial charge in [-0.25, -0.2) is 0 Å². The number of carbonyl (C=O) groups excluding carboxylic acids is 1. The molecule has 3 atom stereocenters. The van der Waals surface area contributed by atoms with E-state index < -0.39 is 0 Å². The molecule has 2 aliphatic rings. The van der Waals surface area contributed by atoms with Gasteiger partial charge in [-0.15, -0.1) is 0 Å².